The molecule has 5 unspecified atom stereocenters. The first-order valence-corrected chi connectivity index (χ1v) is 34.6. The summed E-state index contributed by atoms with van der Waals surface area (Å²) in [7, 11) is 0. The van der Waals surface area contributed by atoms with Gasteiger partial charge in [-0.3, -0.25) is 43.3 Å². The van der Waals surface area contributed by atoms with E-state index in [1.807, 2.05) is 16.7 Å². The average Bonchev–Trinajstić information content (AvgIpc) is 1.89. The molecule has 520 valence electrons. The largest absolute Gasteiger partial charge is 0.462 e. The van der Waals surface area contributed by atoms with Crippen molar-refractivity contribution in [3.05, 3.63) is 93.2 Å². The Labute approximate surface area is 556 Å². The maximum absolute atomic E-state index is 13.3. The molecule has 0 aromatic carbocycles. The molecule has 0 radical (unpaired) electrons. The Morgan fingerprint density at radius 2 is 0.613 bits per heavy atom. The van der Waals surface area contributed by atoms with Crippen LogP contribution < -0.4 is 0 Å². The van der Waals surface area contributed by atoms with Crippen molar-refractivity contribution in [2.45, 2.75) is 222 Å². The van der Waals surface area contributed by atoms with Crippen molar-refractivity contribution in [1.29, 1.82) is 0 Å². The molecule has 0 aromatic rings. The molecule has 0 saturated heterocycles. The van der Waals surface area contributed by atoms with E-state index in [2.05, 4.69) is 104 Å². The van der Waals surface area contributed by atoms with Gasteiger partial charge in [0.2, 0.25) is 0 Å². The van der Waals surface area contributed by atoms with E-state index < -0.39 is 23.9 Å². The fraction of sp³-hybridized carbons (Fsp3) is 0.680. The first-order chi connectivity index (χ1) is 44.6. The summed E-state index contributed by atoms with van der Waals surface area (Å²) in [5.41, 5.74) is 10.5. The van der Waals surface area contributed by atoms with Crippen molar-refractivity contribution in [2.75, 3.05) is 85.6 Å². The molecule has 0 aliphatic heterocycles. The van der Waals surface area contributed by atoms with Gasteiger partial charge in [-0.25, -0.2) is 0 Å². The van der Waals surface area contributed by atoms with Crippen molar-refractivity contribution in [2.24, 2.45) is 23.7 Å². The monoisotopic (exact) mass is 1300 g/mol. The number of nitrogens with zero attached hydrogens (tertiary/aromatic N) is 2. The maximum Gasteiger partial charge on any atom is 0.309 e. The third-order valence-corrected chi connectivity index (χ3v) is 17.4. The van der Waals surface area contributed by atoms with Crippen molar-refractivity contribution < 1.29 is 76.3 Å². The van der Waals surface area contributed by atoms with Gasteiger partial charge < -0.3 is 42.8 Å². The fourth-order valence-electron chi connectivity index (χ4n) is 11.8. The number of hydrogen-bond donors (Lipinski definition) is 0. The summed E-state index contributed by atoms with van der Waals surface area (Å²) in [5.74, 6) is -4.37. The third kappa shape index (κ3) is 35.6. The predicted octanol–water partition coefficient (Wildman–Crippen LogP) is 13.8. The highest BCUT2D eigenvalue weighted by Gasteiger charge is 2.28. The van der Waals surface area contributed by atoms with Gasteiger partial charge in [0, 0.05) is 38.8 Å². The van der Waals surface area contributed by atoms with Gasteiger partial charge in [-0.1, -0.05) is 93.2 Å². The summed E-state index contributed by atoms with van der Waals surface area (Å²) in [6.07, 6.45) is 33.7. The van der Waals surface area contributed by atoms with Crippen LogP contribution in [-0.4, -0.2) is 149 Å². The van der Waals surface area contributed by atoms with Crippen LogP contribution in [0.15, 0.2) is 93.2 Å². The Hall–Kier alpha value is -6.40. The molecule has 0 heterocycles. The Balaban J connectivity index is 1.34. The van der Waals surface area contributed by atoms with Crippen molar-refractivity contribution in [1.82, 2.24) is 9.80 Å². The fourth-order valence-corrected chi connectivity index (χ4v) is 11.8. The number of carbonyl (C=O) groups excluding carboxylic acids is 8. The zero-order valence-electron chi connectivity index (χ0n) is 58.1. The van der Waals surface area contributed by atoms with Crippen molar-refractivity contribution in [3.63, 3.8) is 0 Å². The van der Waals surface area contributed by atoms with Crippen LogP contribution in [0.4, 0.5) is 0 Å². The lowest BCUT2D eigenvalue weighted by Crippen LogP contribution is -2.45. The molecule has 0 spiro atoms. The Kier molecular flexibility index (Phi) is 39.0. The quantitative estimate of drug-likeness (QED) is 0.0240. The number of hydrogen-bond acceptors (Lipinski definition) is 18. The second kappa shape index (κ2) is 45.8. The Morgan fingerprint density at radius 3 is 0.839 bits per heavy atom. The number of esters is 8. The van der Waals surface area contributed by atoms with Gasteiger partial charge in [0.15, 0.2) is 0 Å². The highest BCUT2D eigenvalue weighted by atomic mass is 16.6. The summed E-state index contributed by atoms with van der Waals surface area (Å²) >= 11 is 0. The minimum Gasteiger partial charge on any atom is -0.462 e. The van der Waals surface area contributed by atoms with Gasteiger partial charge in [-0.15, -0.1) is 0 Å². The first kappa shape index (κ1) is 79.0. The number of rotatable bonds is 43. The minimum absolute atomic E-state index is 0.0696. The normalized spacial score (nSPS) is 18.2. The van der Waals surface area contributed by atoms with Gasteiger partial charge in [-0.05, 0) is 191 Å². The molecule has 5 atom stereocenters. The van der Waals surface area contributed by atoms with Gasteiger partial charge in [-0.2, -0.15) is 0 Å². The molecule has 18 heteroatoms. The Morgan fingerprint density at radius 1 is 0.376 bits per heavy atom. The third-order valence-electron chi connectivity index (χ3n) is 17.4. The van der Waals surface area contributed by atoms with Crippen LogP contribution in [0.5, 0.6) is 0 Å². The summed E-state index contributed by atoms with van der Waals surface area (Å²) in [6.45, 7) is 18.6. The van der Waals surface area contributed by atoms with Crippen LogP contribution in [0.25, 0.3) is 0 Å². The zero-order chi connectivity index (χ0) is 67.8. The van der Waals surface area contributed by atoms with E-state index in [0.717, 1.165) is 77.0 Å². The molecule has 4 rings (SSSR count). The van der Waals surface area contributed by atoms with E-state index in [0.29, 0.717) is 51.4 Å². The molecule has 18 nitrogen and oxygen atoms in total. The number of allylic oxidation sites excluding steroid dienone is 16. The average molecular weight is 1300 g/mol. The molecule has 0 fully saturated rings. The summed E-state index contributed by atoms with van der Waals surface area (Å²) < 4.78 is 44.2. The molecule has 4 aliphatic rings. The topological polar surface area (TPSA) is 217 Å². The predicted molar refractivity (Wildman–Crippen MR) is 360 cm³/mol. The van der Waals surface area contributed by atoms with E-state index >= 15 is 0 Å². The van der Waals surface area contributed by atoms with Crippen LogP contribution in [-0.2, 0) is 76.3 Å². The summed E-state index contributed by atoms with van der Waals surface area (Å²) in [4.78, 5) is 109. The molecule has 0 aromatic heterocycles. The van der Waals surface area contributed by atoms with E-state index in [4.69, 9.17) is 37.9 Å². The number of ether oxygens (including phenoxy) is 8. The molecule has 4 aliphatic carbocycles. The molecule has 0 amide bonds. The molecular formula is C75H114N2O16. The van der Waals surface area contributed by atoms with Crippen LogP contribution in [0.2, 0.25) is 0 Å². The first-order valence-electron chi connectivity index (χ1n) is 34.6. The molecule has 93 heavy (non-hydrogen) atoms. The van der Waals surface area contributed by atoms with Crippen LogP contribution in [0.3, 0.4) is 0 Å². The highest BCUT2D eigenvalue weighted by molar-refractivity contribution is 5.75. The van der Waals surface area contributed by atoms with E-state index in [9.17, 15) is 38.4 Å². The molecule has 0 saturated carbocycles. The zero-order valence-corrected chi connectivity index (χ0v) is 58.1. The van der Waals surface area contributed by atoms with Crippen LogP contribution in [0, 0.1) is 23.7 Å². The van der Waals surface area contributed by atoms with Crippen LogP contribution >= 0.6 is 0 Å². The lowest BCUT2D eigenvalue weighted by atomic mass is 9.88. The molecule has 0 N–H and O–H groups in total. The van der Waals surface area contributed by atoms with Gasteiger partial charge in [0.1, 0.15) is 52.9 Å². The van der Waals surface area contributed by atoms with Gasteiger partial charge in [0.25, 0.3) is 0 Å². The second-order valence-electron chi connectivity index (χ2n) is 26.4. The second-order valence-corrected chi connectivity index (χ2v) is 26.4. The lowest BCUT2D eigenvalue weighted by Gasteiger charge is -2.33. The Bertz CT molecular complexity index is 2470. The SMILES string of the molecule is CC(C)=CCCC1=CCC(C(=O)OCCOC(=O)CCN(CCC(=O)OCCOC(=O)C2CC=C(CCC=C(C)C)CC2)CC(C)N(CCC(=O)OCCOC(=O)C2CC=C(CCC=C(C)C)CC2)CCC(=O)OCCOC(=O)C2CC=C(CCC=C(C)C)CC2)CC1. The van der Waals surface area contributed by atoms with Crippen molar-refractivity contribution in [3.8, 4) is 0 Å². The molecular weight excluding hydrogens is 1180 g/mol. The van der Waals surface area contributed by atoms with Crippen LogP contribution in [0.1, 0.15) is 216 Å². The summed E-state index contributed by atoms with van der Waals surface area (Å²) in [6, 6.07) is -0.376. The minimum atomic E-state index is -0.535. The van der Waals surface area contributed by atoms with E-state index in [1.54, 1.807) is 0 Å². The van der Waals surface area contributed by atoms with E-state index in [-0.39, 0.29) is 165 Å². The summed E-state index contributed by atoms with van der Waals surface area (Å²) in [5, 5.41) is 0. The highest BCUT2D eigenvalue weighted by Crippen LogP contribution is 2.31. The lowest BCUT2D eigenvalue weighted by molar-refractivity contribution is -0.156. The van der Waals surface area contributed by atoms with Gasteiger partial charge >= 0.3 is 47.8 Å². The molecule has 0 bridgehead atoms. The van der Waals surface area contributed by atoms with E-state index in [1.165, 1.54) is 44.6 Å². The smallest absolute Gasteiger partial charge is 0.309 e. The van der Waals surface area contributed by atoms with Gasteiger partial charge in [0.05, 0.1) is 49.4 Å². The number of carbonyl (C=O) groups is 8. The van der Waals surface area contributed by atoms with Crippen molar-refractivity contribution >= 4 is 47.8 Å². The standard InChI is InChI=1S/C75H114N2O16/c1-55(2)14-10-18-60-22-30-64(31-23-60)72(82)90-50-46-86-68(78)38-42-76(43-39-69(79)87-47-51-91-73(83)65-32-24-61(25-33-65)19-11-15-56(3)4)54-59(9)77(44-40-70(80)88-48-52-92-74(84)66-34-26-62(27-35-66)20-12-16-57(5)6)45-41-71(81)89-49-53-93-75(85)67-36-28-63(29-37-67)21-13-17-58(7)8/h14-17,22,24,26,28,59,64-67H,10-13,18-21,23,25,27,29-54H2,1-9H3. The maximum atomic E-state index is 13.3.